The van der Waals surface area contributed by atoms with Gasteiger partial charge in [0.1, 0.15) is 0 Å². The fourth-order valence-electron chi connectivity index (χ4n) is 1.85. The van der Waals surface area contributed by atoms with Crippen LogP contribution in [0.5, 0.6) is 0 Å². The van der Waals surface area contributed by atoms with Crippen LogP contribution in [0.1, 0.15) is 19.8 Å². The summed E-state index contributed by atoms with van der Waals surface area (Å²) in [7, 11) is 5.93. The van der Waals surface area contributed by atoms with Crippen molar-refractivity contribution in [1.82, 2.24) is 14.5 Å². The van der Waals surface area contributed by atoms with Crippen LogP contribution < -0.4 is 5.32 Å². The minimum Gasteiger partial charge on any atom is -0.383 e. The average molecular weight is 254 g/mol. The molecule has 1 rings (SSSR count). The fraction of sp³-hybridized carbons (Fsp3) is 0.769. The molecular formula is C13H26N4O. The van der Waals surface area contributed by atoms with Crippen molar-refractivity contribution < 1.29 is 4.74 Å². The molecule has 0 bridgehead atoms. The lowest BCUT2D eigenvalue weighted by Crippen LogP contribution is -2.23. The zero-order valence-electron chi connectivity index (χ0n) is 12.0. The molecule has 0 saturated carbocycles. The van der Waals surface area contributed by atoms with Gasteiger partial charge in [0, 0.05) is 32.1 Å². The van der Waals surface area contributed by atoms with E-state index in [9.17, 15) is 0 Å². The Morgan fingerprint density at radius 3 is 2.89 bits per heavy atom. The summed E-state index contributed by atoms with van der Waals surface area (Å²) in [6.45, 7) is 4.93. The molecule has 1 heterocycles. The van der Waals surface area contributed by atoms with Crippen molar-refractivity contribution in [3.8, 4) is 0 Å². The maximum Gasteiger partial charge on any atom is 0.203 e. The fourth-order valence-corrected chi connectivity index (χ4v) is 1.85. The molecule has 0 aromatic carbocycles. The van der Waals surface area contributed by atoms with Crippen LogP contribution in [-0.2, 0) is 11.3 Å². The number of nitrogens with zero attached hydrogens (tertiary/aromatic N) is 3. The molecule has 5 heteroatoms. The second-order valence-corrected chi connectivity index (χ2v) is 4.96. The smallest absolute Gasteiger partial charge is 0.203 e. The van der Waals surface area contributed by atoms with Gasteiger partial charge >= 0.3 is 0 Å². The molecule has 1 unspecified atom stereocenters. The van der Waals surface area contributed by atoms with E-state index in [0.717, 1.165) is 19.0 Å². The third-order valence-corrected chi connectivity index (χ3v) is 2.76. The van der Waals surface area contributed by atoms with Gasteiger partial charge in [-0.05, 0) is 40.4 Å². The van der Waals surface area contributed by atoms with E-state index in [4.69, 9.17) is 4.74 Å². The molecule has 1 N–H and O–H groups in total. The lowest BCUT2D eigenvalue weighted by atomic mass is 10.3. The number of imidazole rings is 1. The second kappa shape index (κ2) is 8.11. The molecule has 5 nitrogen and oxygen atoms in total. The van der Waals surface area contributed by atoms with Crippen molar-refractivity contribution in [2.75, 3.05) is 39.7 Å². The summed E-state index contributed by atoms with van der Waals surface area (Å²) in [5.74, 6) is 0.935. The number of unbranched alkanes of at least 4 members (excludes halogenated alkanes) is 1. The largest absolute Gasteiger partial charge is 0.383 e. The molecule has 1 aromatic heterocycles. The summed E-state index contributed by atoms with van der Waals surface area (Å²) >= 11 is 0. The number of hydrogen-bond donors (Lipinski definition) is 1. The summed E-state index contributed by atoms with van der Waals surface area (Å²) in [6.07, 6.45) is 6.24. The van der Waals surface area contributed by atoms with Crippen molar-refractivity contribution in [2.24, 2.45) is 0 Å². The van der Waals surface area contributed by atoms with Crippen LogP contribution in [0.15, 0.2) is 12.4 Å². The topological polar surface area (TPSA) is 42.3 Å². The van der Waals surface area contributed by atoms with Crippen molar-refractivity contribution in [2.45, 2.75) is 32.4 Å². The molecule has 0 fully saturated rings. The molecule has 1 aromatic rings. The molecule has 0 radical (unpaired) electrons. The molecule has 0 amide bonds. The van der Waals surface area contributed by atoms with Crippen molar-refractivity contribution in [1.29, 1.82) is 0 Å². The van der Waals surface area contributed by atoms with Crippen LogP contribution >= 0.6 is 0 Å². The van der Waals surface area contributed by atoms with Crippen molar-refractivity contribution in [3.63, 3.8) is 0 Å². The molecule has 0 aliphatic rings. The maximum absolute atomic E-state index is 5.11. The quantitative estimate of drug-likeness (QED) is 0.681. The van der Waals surface area contributed by atoms with Gasteiger partial charge in [-0.2, -0.15) is 0 Å². The first-order chi connectivity index (χ1) is 8.63. The lowest BCUT2D eigenvalue weighted by Gasteiger charge is -2.15. The van der Waals surface area contributed by atoms with Crippen molar-refractivity contribution in [3.05, 3.63) is 12.4 Å². The van der Waals surface area contributed by atoms with Gasteiger partial charge in [-0.1, -0.05) is 0 Å². The molecule has 0 aliphatic carbocycles. The van der Waals surface area contributed by atoms with Crippen LogP contribution in [0.4, 0.5) is 5.95 Å². The third kappa shape index (κ3) is 5.51. The summed E-state index contributed by atoms with van der Waals surface area (Å²) < 4.78 is 7.28. The summed E-state index contributed by atoms with van der Waals surface area (Å²) in [5, 5.41) is 3.36. The van der Waals surface area contributed by atoms with Crippen LogP contribution in [0.3, 0.4) is 0 Å². The predicted molar refractivity (Wildman–Crippen MR) is 75.0 cm³/mol. The predicted octanol–water partition coefficient (Wildman–Crippen LogP) is 1.67. The van der Waals surface area contributed by atoms with Crippen molar-refractivity contribution >= 4 is 5.95 Å². The molecule has 0 aliphatic heterocycles. The Morgan fingerprint density at radius 2 is 2.22 bits per heavy atom. The Morgan fingerprint density at radius 1 is 1.44 bits per heavy atom. The van der Waals surface area contributed by atoms with Crippen LogP contribution in [0.2, 0.25) is 0 Å². The van der Waals surface area contributed by atoms with E-state index < -0.39 is 0 Å². The van der Waals surface area contributed by atoms with E-state index in [2.05, 4.69) is 40.8 Å². The van der Waals surface area contributed by atoms with E-state index in [1.54, 1.807) is 7.11 Å². The SMILES string of the molecule is COCC(C)Nc1nccn1CCCCN(C)C. The number of anilines is 1. The molecule has 104 valence electrons. The minimum absolute atomic E-state index is 0.276. The Balaban J connectivity index is 2.35. The van der Waals surface area contributed by atoms with E-state index >= 15 is 0 Å². The molecule has 0 spiro atoms. The van der Waals surface area contributed by atoms with Gasteiger partial charge in [-0.15, -0.1) is 0 Å². The zero-order valence-corrected chi connectivity index (χ0v) is 12.0. The van der Waals surface area contributed by atoms with Gasteiger partial charge in [0.05, 0.1) is 6.61 Å². The first-order valence-electron chi connectivity index (χ1n) is 6.55. The molecule has 1 atom stereocenters. The van der Waals surface area contributed by atoms with E-state index in [-0.39, 0.29) is 6.04 Å². The third-order valence-electron chi connectivity index (χ3n) is 2.76. The number of ether oxygens (including phenoxy) is 1. The standard InChI is InChI=1S/C13H26N4O/c1-12(11-18-4)15-13-14-7-10-17(13)9-6-5-8-16(2)3/h7,10,12H,5-6,8-9,11H2,1-4H3,(H,14,15). The highest BCUT2D eigenvalue weighted by atomic mass is 16.5. The Kier molecular flexibility index (Phi) is 6.75. The first kappa shape index (κ1) is 15.0. The summed E-state index contributed by atoms with van der Waals surface area (Å²) in [6, 6.07) is 0.276. The van der Waals surface area contributed by atoms with Gasteiger partial charge in [-0.3, -0.25) is 0 Å². The minimum atomic E-state index is 0.276. The van der Waals surface area contributed by atoms with Gasteiger partial charge in [0.2, 0.25) is 5.95 Å². The Bertz CT molecular complexity index is 325. The number of aromatic nitrogens is 2. The zero-order chi connectivity index (χ0) is 13.4. The van der Waals surface area contributed by atoms with Crippen LogP contribution in [0.25, 0.3) is 0 Å². The summed E-state index contributed by atoms with van der Waals surface area (Å²) in [5.41, 5.74) is 0. The lowest BCUT2D eigenvalue weighted by molar-refractivity contribution is 0.190. The Hall–Kier alpha value is -1.07. The highest BCUT2D eigenvalue weighted by molar-refractivity contribution is 5.27. The maximum atomic E-state index is 5.11. The number of hydrogen-bond acceptors (Lipinski definition) is 4. The number of aryl methyl sites for hydroxylation is 1. The average Bonchev–Trinajstić information content (AvgIpc) is 2.72. The van der Waals surface area contributed by atoms with Gasteiger partial charge in [0.25, 0.3) is 0 Å². The van der Waals surface area contributed by atoms with E-state index in [1.165, 1.54) is 12.8 Å². The van der Waals surface area contributed by atoms with Crippen LogP contribution in [-0.4, -0.2) is 54.8 Å². The monoisotopic (exact) mass is 254 g/mol. The van der Waals surface area contributed by atoms with E-state index in [0.29, 0.717) is 6.61 Å². The molecular weight excluding hydrogens is 228 g/mol. The number of rotatable bonds is 9. The number of nitrogens with one attached hydrogen (secondary N) is 1. The summed E-state index contributed by atoms with van der Waals surface area (Å²) in [4.78, 5) is 6.55. The van der Waals surface area contributed by atoms with E-state index in [1.807, 2.05) is 12.4 Å². The van der Waals surface area contributed by atoms with Gasteiger partial charge in [-0.25, -0.2) is 4.98 Å². The Labute approximate surface area is 110 Å². The highest BCUT2D eigenvalue weighted by Gasteiger charge is 2.06. The van der Waals surface area contributed by atoms with Crippen LogP contribution in [0, 0.1) is 0 Å². The number of methoxy groups -OCH3 is 1. The highest BCUT2D eigenvalue weighted by Crippen LogP contribution is 2.08. The molecule has 18 heavy (non-hydrogen) atoms. The normalized spacial score (nSPS) is 12.9. The molecule has 0 saturated heterocycles. The first-order valence-corrected chi connectivity index (χ1v) is 6.55. The second-order valence-electron chi connectivity index (χ2n) is 4.96. The van der Waals surface area contributed by atoms with Gasteiger partial charge in [0.15, 0.2) is 0 Å². The van der Waals surface area contributed by atoms with Gasteiger partial charge < -0.3 is 19.5 Å².